The van der Waals surface area contributed by atoms with Crippen molar-refractivity contribution in [2.24, 2.45) is 0 Å². The molecule has 5 nitrogen and oxygen atoms in total. The normalized spacial score (nSPS) is 13.5. The summed E-state index contributed by atoms with van der Waals surface area (Å²) in [6.07, 6.45) is 1.19. The third-order valence-electron chi connectivity index (χ3n) is 1.03. The van der Waals surface area contributed by atoms with Crippen molar-refractivity contribution in [1.29, 1.82) is 0 Å². The van der Waals surface area contributed by atoms with E-state index in [2.05, 4.69) is 11.3 Å². The van der Waals surface area contributed by atoms with E-state index in [1.54, 1.807) is 0 Å². The van der Waals surface area contributed by atoms with Crippen molar-refractivity contribution in [2.45, 2.75) is 18.8 Å². The van der Waals surface area contributed by atoms with Gasteiger partial charge in [-0.2, -0.15) is 8.42 Å². The van der Waals surface area contributed by atoms with Crippen LogP contribution in [-0.4, -0.2) is 24.4 Å². The van der Waals surface area contributed by atoms with Crippen LogP contribution in [0.3, 0.4) is 0 Å². The van der Waals surface area contributed by atoms with E-state index < -0.39 is 21.5 Å². The minimum absolute atomic E-state index is 0.0835. The third kappa shape index (κ3) is 4.09. The molecule has 0 spiro atoms. The SMILES string of the molecule is C=CCC(=O)OC(C)S(=O)(=O)O. The monoisotopic (exact) mass is 194 g/mol. The first-order chi connectivity index (χ1) is 5.38. The summed E-state index contributed by atoms with van der Waals surface area (Å²) in [5.74, 6) is -0.741. The molecule has 0 aromatic rings. The summed E-state index contributed by atoms with van der Waals surface area (Å²) in [5.41, 5.74) is -1.52. The van der Waals surface area contributed by atoms with Gasteiger partial charge in [0, 0.05) is 0 Å². The van der Waals surface area contributed by atoms with Gasteiger partial charge in [0.15, 0.2) is 0 Å². The van der Waals surface area contributed by atoms with Gasteiger partial charge in [-0.25, -0.2) is 0 Å². The van der Waals surface area contributed by atoms with Crippen molar-refractivity contribution in [2.75, 3.05) is 0 Å². The number of rotatable bonds is 4. The molecule has 1 atom stereocenters. The molecular weight excluding hydrogens is 184 g/mol. The zero-order valence-electron chi connectivity index (χ0n) is 6.56. The van der Waals surface area contributed by atoms with E-state index >= 15 is 0 Å². The first-order valence-electron chi connectivity index (χ1n) is 3.14. The number of esters is 1. The number of ether oxygens (including phenoxy) is 1. The fourth-order valence-corrected chi connectivity index (χ4v) is 0.641. The smallest absolute Gasteiger partial charge is 0.310 e. The van der Waals surface area contributed by atoms with Crippen LogP contribution in [0.1, 0.15) is 13.3 Å². The van der Waals surface area contributed by atoms with E-state index in [4.69, 9.17) is 4.55 Å². The highest BCUT2D eigenvalue weighted by Crippen LogP contribution is 2.01. The second kappa shape index (κ2) is 4.22. The molecule has 12 heavy (non-hydrogen) atoms. The number of hydrogen-bond donors (Lipinski definition) is 1. The summed E-state index contributed by atoms with van der Waals surface area (Å²) in [4.78, 5) is 10.6. The second-order valence-electron chi connectivity index (χ2n) is 2.07. The maximum Gasteiger partial charge on any atom is 0.310 e. The van der Waals surface area contributed by atoms with Crippen LogP contribution in [0.15, 0.2) is 12.7 Å². The summed E-state index contributed by atoms with van der Waals surface area (Å²) in [7, 11) is -4.29. The summed E-state index contributed by atoms with van der Waals surface area (Å²) in [6.45, 7) is 4.32. The predicted octanol–water partition coefficient (Wildman–Crippen LogP) is 0.339. The van der Waals surface area contributed by atoms with Crippen LogP contribution in [0, 0.1) is 0 Å². The first-order valence-corrected chi connectivity index (χ1v) is 4.65. The van der Waals surface area contributed by atoms with Crippen LogP contribution in [0.4, 0.5) is 0 Å². The molecule has 0 aliphatic heterocycles. The third-order valence-corrected chi connectivity index (χ3v) is 1.96. The Morgan fingerprint density at radius 3 is 2.58 bits per heavy atom. The maximum absolute atomic E-state index is 10.6. The Kier molecular flexibility index (Phi) is 3.91. The van der Waals surface area contributed by atoms with E-state index in [1.165, 1.54) is 6.08 Å². The van der Waals surface area contributed by atoms with Crippen LogP contribution < -0.4 is 0 Å². The lowest BCUT2D eigenvalue weighted by Gasteiger charge is -2.08. The molecule has 0 saturated heterocycles. The van der Waals surface area contributed by atoms with Crippen molar-refractivity contribution in [3.8, 4) is 0 Å². The van der Waals surface area contributed by atoms with E-state index in [0.29, 0.717) is 0 Å². The first kappa shape index (κ1) is 11.1. The zero-order chi connectivity index (χ0) is 9.78. The fourth-order valence-electron chi connectivity index (χ4n) is 0.412. The molecule has 0 fully saturated rings. The Hall–Kier alpha value is -0.880. The summed E-state index contributed by atoms with van der Waals surface area (Å²) >= 11 is 0. The molecule has 1 N–H and O–H groups in total. The Balaban J connectivity index is 4.10. The summed E-state index contributed by atoms with van der Waals surface area (Å²) < 4.78 is 33.3. The second-order valence-corrected chi connectivity index (χ2v) is 3.76. The average molecular weight is 194 g/mol. The highest BCUT2D eigenvalue weighted by atomic mass is 32.2. The lowest BCUT2D eigenvalue weighted by atomic mass is 10.4. The molecule has 0 aliphatic rings. The van der Waals surface area contributed by atoms with Crippen molar-refractivity contribution in [1.82, 2.24) is 0 Å². The van der Waals surface area contributed by atoms with Gasteiger partial charge < -0.3 is 4.74 Å². The van der Waals surface area contributed by atoms with E-state index in [0.717, 1.165) is 6.92 Å². The van der Waals surface area contributed by atoms with E-state index in [-0.39, 0.29) is 6.42 Å². The van der Waals surface area contributed by atoms with Crippen LogP contribution in [0.25, 0.3) is 0 Å². The molecule has 6 heteroatoms. The van der Waals surface area contributed by atoms with Crippen LogP contribution in [0.2, 0.25) is 0 Å². The molecule has 0 aromatic carbocycles. The van der Waals surface area contributed by atoms with Crippen LogP contribution >= 0.6 is 0 Å². The van der Waals surface area contributed by atoms with Gasteiger partial charge in [0.1, 0.15) is 0 Å². The molecule has 0 bridgehead atoms. The van der Waals surface area contributed by atoms with Crippen molar-refractivity contribution < 1.29 is 22.5 Å². The Morgan fingerprint density at radius 1 is 1.75 bits per heavy atom. The van der Waals surface area contributed by atoms with E-state index in [1.807, 2.05) is 0 Å². The molecule has 1 unspecified atom stereocenters. The van der Waals surface area contributed by atoms with Gasteiger partial charge in [-0.05, 0) is 6.92 Å². The van der Waals surface area contributed by atoms with Gasteiger partial charge in [-0.3, -0.25) is 9.35 Å². The van der Waals surface area contributed by atoms with E-state index in [9.17, 15) is 13.2 Å². The molecule has 0 heterocycles. The molecule has 0 saturated carbocycles. The maximum atomic E-state index is 10.6. The van der Waals surface area contributed by atoms with Crippen molar-refractivity contribution in [3.63, 3.8) is 0 Å². The average Bonchev–Trinajstić information content (AvgIpc) is 1.85. The summed E-state index contributed by atoms with van der Waals surface area (Å²) in [5, 5.41) is 0. The lowest BCUT2D eigenvalue weighted by Crippen LogP contribution is -2.23. The number of carbonyl (C=O) groups excluding carboxylic acids is 1. The van der Waals surface area contributed by atoms with Gasteiger partial charge in [-0.1, -0.05) is 6.08 Å². The van der Waals surface area contributed by atoms with Crippen molar-refractivity contribution in [3.05, 3.63) is 12.7 Å². The largest absolute Gasteiger partial charge is 0.443 e. The minimum Gasteiger partial charge on any atom is -0.443 e. The van der Waals surface area contributed by atoms with Gasteiger partial charge >= 0.3 is 16.1 Å². The molecule has 70 valence electrons. The molecule has 0 radical (unpaired) electrons. The molecular formula is C6H10O5S. The standard InChI is InChI=1S/C6H10O5S/c1-3-4-6(7)11-5(2)12(8,9)10/h3,5H,1,4H2,2H3,(H,8,9,10). The minimum atomic E-state index is -4.29. The van der Waals surface area contributed by atoms with Gasteiger partial charge in [0.2, 0.25) is 5.44 Å². The highest BCUT2D eigenvalue weighted by Gasteiger charge is 2.20. The molecule has 0 aliphatic carbocycles. The molecule has 0 amide bonds. The highest BCUT2D eigenvalue weighted by molar-refractivity contribution is 7.86. The molecule has 0 rings (SSSR count). The predicted molar refractivity (Wildman–Crippen MR) is 41.9 cm³/mol. The zero-order valence-corrected chi connectivity index (χ0v) is 7.37. The lowest BCUT2D eigenvalue weighted by molar-refractivity contribution is -0.144. The molecule has 0 aromatic heterocycles. The Labute approximate surface area is 70.8 Å². The van der Waals surface area contributed by atoms with Crippen LogP contribution in [-0.2, 0) is 19.6 Å². The topological polar surface area (TPSA) is 80.7 Å². The van der Waals surface area contributed by atoms with Gasteiger partial charge in [0.25, 0.3) is 0 Å². The van der Waals surface area contributed by atoms with Gasteiger partial charge in [0.05, 0.1) is 6.42 Å². The Bertz CT molecular complexity index is 266. The number of hydrogen-bond acceptors (Lipinski definition) is 4. The quantitative estimate of drug-likeness (QED) is 0.396. The summed E-state index contributed by atoms with van der Waals surface area (Å²) in [6, 6.07) is 0. The van der Waals surface area contributed by atoms with Crippen LogP contribution in [0.5, 0.6) is 0 Å². The van der Waals surface area contributed by atoms with Gasteiger partial charge in [-0.15, -0.1) is 6.58 Å². The number of carbonyl (C=O) groups is 1. The van der Waals surface area contributed by atoms with Crippen molar-refractivity contribution >= 4 is 16.1 Å². The Morgan fingerprint density at radius 2 is 2.25 bits per heavy atom. The fraction of sp³-hybridized carbons (Fsp3) is 0.500.